The first kappa shape index (κ1) is 12.0. The Balaban J connectivity index is 2.51. The molecule has 14 heavy (non-hydrogen) atoms. The van der Waals surface area contributed by atoms with Crippen LogP contribution in [0.25, 0.3) is 0 Å². The maximum Gasteiger partial charge on any atom is 0.0218 e. The molecule has 0 radical (unpaired) electrons. The highest BCUT2D eigenvalue weighted by atomic mass is 15.2. The van der Waals surface area contributed by atoms with Gasteiger partial charge >= 0.3 is 0 Å². The zero-order valence-corrected chi connectivity index (χ0v) is 9.84. The van der Waals surface area contributed by atoms with Crippen molar-refractivity contribution in [2.75, 3.05) is 13.1 Å². The van der Waals surface area contributed by atoms with Gasteiger partial charge in [0.25, 0.3) is 0 Å². The van der Waals surface area contributed by atoms with Crippen LogP contribution in [-0.4, -0.2) is 30.1 Å². The van der Waals surface area contributed by atoms with Gasteiger partial charge in [-0.2, -0.15) is 0 Å². The van der Waals surface area contributed by atoms with Crippen LogP contribution in [0.4, 0.5) is 0 Å². The van der Waals surface area contributed by atoms with E-state index in [1.54, 1.807) is 0 Å². The summed E-state index contributed by atoms with van der Waals surface area (Å²) < 4.78 is 0. The fourth-order valence-corrected chi connectivity index (χ4v) is 2.68. The molecule has 1 aliphatic heterocycles. The predicted molar refractivity (Wildman–Crippen MR) is 62.4 cm³/mol. The molecule has 2 atom stereocenters. The highest BCUT2D eigenvalue weighted by Crippen LogP contribution is 2.23. The Bertz CT molecular complexity index is 141. The minimum atomic E-state index is 0.631. The van der Waals surface area contributed by atoms with Crippen LogP contribution in [-0.2, 0) is 0 Å². The average molecular weight is 198 g/mol. The third-order valence-electron chi connectivity index (χ3n) is 3.51. The standard InChI is InChI=1S/C12H26N2/c1-3-7-12-8-5-6-9-14(12)11(4-2)10-13/h11-12H,3-10,13H2,1-2H3. The van der Waals surface area contributed by atoms with Crippen molar-refractivity contribution in [2.24, 2.45) is 5.73 Å². The second-order valence-corrected chi connectivity index (χ2v) is 4.47. The summed E-state index contributed by atoms with van der Waals surface area (Å²) in [4.78, 5) is 2.67. The zero-order valence-electron chi connectivity index (χ0n) is 9.84. The van der Waals surface area contributed by atoms with Crippen LogP contribution in [0.5, 0.6) is 0 Å². The summed E-state index contributed by atoms with van der Waals surface area (Å²) in [5.74, 6) is 0. The van der Waals surface area contributed by atoms with Crippen molar-refractivity contribution in [2.45, 2.75) is 64.5 Å². The van der Waals surface area contributed by atoms with Crippen molar-refractivity contribution in [1.82, 2.24) is 4.90 Å². The minimum Gasteiger partial charge on any atom is -0.329 e. The summed E-state index contributed by atoms with van der Waals surface area (Å²) in [6, 6.07) is 1.45. The summed E-state index contributed by atoms with van der Waals surface area (Å²) in [5.41, 5.74) is 5.83. The lowest BCUT2D eigenvalue weighted by Crippen LogP contribution is -2.49. The molecule has 0 aromatic rings. The van der Waals surface area contributed by atoms with Crippen molar-refractivity contribution < 1.29 is 0 Å². The maximum absolute atomic E-state index is 5.83. The van der Waals surface area contributed by atoms with Gasteiger partial charge in [0, 0.05) is 18.6 Å². The van der Waals surface area contributed by atoms with E-state index in [9.17, 15) is 0 Å². The van der Waals surface area contributed by atoms with Gasteiger partial charge < -0.3 is 5.73 Å². The van der Waals surface area contributed by atoms with E-state index in [4.69, 9.17) is 5.73 Å². The van der Waals surface area contributed by atoms with E-state index in [0.29, 0.717) is 6.04 Å². The van der Waals surface area contributed by atoms with Crippen LogP contribution in [0.2, 0.25) is 0 Å². The van der Waals surface area contributed by atoms with Crippen LogP contribution in [0, 0.1) is 0 Å². The molecule has 1 saturated heterocycles. The molecule has 84 valence electrons. The molecule has 0 amide bonds. The number of nitrogens with zero attached hydrogens (tertiary/aromatic N) is 1. The largest absolute Gasteiger partial charge is 0.329 e. The van der Waals surface area contributed by atoms with E-state index >= 15 is 0 Å². The zero-order chi connectivity index (χ0) is 10.4. The third-order valence-corrected chi connectivity index (χ3v) is 3.51. The number of likely N-dealkylation sites (tertiary alicyclic amines) is 1. The molecule has 0 aromatic heterocycles. The highest BCUT2D eigenvalue weighted by molar-refractivity contribution is 4.82. The maximum atomic E-state index is 5.83. The summed E-state index contributed by atoms with van der Waals surface area (Å²) >= 11 is 0. The van der Waals surface area contributed by atoms with Crippen LogP contribution in [0.15, 0.2) is 0 Å². The third kappa shape index (κ3) is 2.96. The fraction of sp³-hybridized carbons (Fsp3) is 1.00. The van der Waals surface area contributed by atoms with Gasteiger partial charge in [-0.15, -0.1) is 0 Å². The Labute approximate surface area is 88.8 Å². The van der Waals surface area contributed by atoms with Gasteiger partial charge in [0.1, 0.15) is 0 Å². The van der Waals surface area contributed by atoms with Crippen molar-refractivity contribution in [3.8, 4) is 0 Å². The Hall–Kier alpha value is -0.0800. The van der Waals surface area contributed by atoms with E-state index in [2.05, 4.69) is 18.7 Å². The quantitative estimate of drug-likeness (QED) is 0.735. The first-order valence-electron chi connectivity index (χ1n) is 6.29. The van der Waals surface area contributed by atoms with Crippen LogP contribution < -0.4 is 5.73 Å². The molecule has 2 unspecified atom stereocenters. The van der Waals surface area contributed by atoms with Gasteiger partial charge in [0.2, 0.25) is 0 Å². The smallest absolute Gasteiger partial charge is 0.0218 e. The molecule has 2 nitrogen and oxygen atoms in total. The van der Waals surface area contributed by atoms with Gasteiger partial charge in [-0.1, -0.05) is 26.7 Å². The molecule has 0 saturated carbocycles. The van der Waals surface area contributed by atoms with Crippen molar-refractivity contribution in [3.63, 3.8) is 0 Å². The Morgan fingerprint density at radius 2 is 2.14 bits per heavy atom. The second-order valence-electron chi connectivity index (χ2n) is 4.47. The summed E-state index contributed by atoms with van der Waals surface area (Å²) in [7, 11) is 0. The number of hydrogen-bond acceptors (Lipinski definition) is 2. The van der Waals surface area contributed by atoms with E-state index in [1.807, 2.05) is 0 Å². The molecule has 2 heteroatoms. The predicted octanol–water partition coefficient (Wildman–Crippen LogP) is 2.38. The van der Waals surface area contributed by atoms with Crippen LogP contribution >= 0.6 is 0 Å². The van der Waals surface area contributed by atoms with Crippen molar-refractivity contribution in [3.05, 3.63) is 0 Å². The lowest BCUT2D eigenvalue weighted by atomic mass is 9.95. The Morgan fingerprint density at radius 3 is 2.71 bits per heavy atom. The minimum absolute atomic E-state index is 0.631. The van der Waals surface area contributed by atoms with E-state index in [-0.39, 0.29) is 0 Å². The molecule has 1 fully saturated rings. The second kappa shape index (κ2) is 6.41. The summed E-state index contributed by atoms with van der Waals surface area (Å²) in [6.07, 6.45) is 8.05. The number of hydrogen-bond donors (Lipinski definition) is 1. The Kier molecular flexibility index (Phi) is 5.49. The molecule has 2 N–H and O–H groups in total. The molecule has 1 aliphatic rings. The van der Waals surface area contributed by atoms with E-state index in [0.717, 1.165) is 12.6 Å². The van der Waals surface area contributed by atoms with Gasteiger partial charge in [0.15, 0.2) is 0 Å². The number of nitrogens with two attached hydrogens (primary N) is 1. The first-order valence-corrected chi connectivity index (χ1v) is 6.29. The van der Waals surface area contributed by atoms with Gasteiger partial charge in [-0.25, -0.2) is 0 Å². The fourth-order valence-electron chi connectivity index (χ4n) is 2.68. The van der Waals surface area contributed by atoms with E-state index in [1.165, 1.54) is 45.1 Å². The molecular formula is C12H26N2. The number of rotatable bonds is 5. The molecule has 1 heterocycles. The molecule has 0 bridgehead atoms. The van der Waals surface area contributed by atoms with Gasteiger partial charge in [-0.05, 0) is 32.2 Å². The van der Waals surface area contributed by atoms with Crippen molar-refractivity contribution in [1.29, 1.82) is 0 Å². The van der Waals surface area contributed by atoms with Crippen molar-refractivity contribution >= 4 is 0 Å². The molecule has 0 aromatic carbocycles. The summed E-state index contributed by atoms with van der Waals surface area (Å²) in [5, 5.41) is 0. The lowest BCUT2D eigenvalue weighted by Gasteiger charge is -2.40. The first-order chi connectivity index (χ1) is 6.83. The van der Waals surface area contributed by atoms with Crippen LogP contribution in [0.1, 0.15) is 52.4 Å². The monoisotopic (exact) mass is 198 g/mol. The molecular weight excluding hydrogens is 172 g/mol. The lowest BCUT2D eigenvalue weighted by molar-refractivity contribution is 0.0893. The average Bonchev–Trinajstić information content (AvgIpc) is 2.23. The number of piperidine rings is 1. The summed E-state index contributed by atoms with van der Waals surface area (Å²) in [6.45, 7) is 6.66. The van der Waals surface area contributed by atoms with Crippen LogP contribution in [0.3, 0.4) is 0 Å². The topological polar surface area (TPSA) is 29.3 Å². The molecule has 1 rings (SSSR count). The molecule has 0 aliphatic carbocycles. The molecule has 0 spiro atoms. The Morgan fingerprint density at radius 1 is 1.36 bits per heavy atom. The van der Waals surface area contributed by atoms with Gasteiger partial charge in [0.05, 0.1) is 0 Å². The van der Waals surface area contributed by atoms with Gasteiger partial charge in [-0.3, -0.25) is 4.90 Å². The SMILES string of the molecule is CCCC1CCCCN1C(CC)CN. The normalized spacial score (nSPS) is 26.4. The highest BCUT2D eigenvalue weighted by Gasteiger charge is 2.26. The van der Waals surface area contributed by atoms with E-state index < -0.39 is 0 Å².